The second-order valence-electron chi connectivity index (χ2n) is 7.09. The first-order valence-corrected chi connectivity index (χ1v) is 7.90. The lowest BCUT2D eigenvalue weighted by Crippen LogP contribution is -2.33. The molecule has 1 fully saturated rings. The fourth-order valence-corrected chi connectivity index (χ4v) is 3.75. The summed E-state index contributed by atoms with van der Waals surface area (Å²) < 4.78 is 0. The smallest absolute Gasteiger partial charge is 0.142 e. The summed E-state index contributed by atoms with van der Waals surface area (Å²) in [5.41, 5.74) is 2.86. The molecule has 0 N–H and O–H groups in total. The van der Waals surface area contributed by atoms with Gasteiger partial charge in [-0.1, -0.05) is 38.1 Å². The first-order chi connectivity index (χ1) is 9.56. The second-order valence-corrected chi connectivity index (χ2v) is 7.09. The molecule has 0 bridgehead atoms. The largest absolute Gasteiger partial charge is 0.299 e. The van der Waals surface area contributed by atoms with Crippen molar-refractivity contribution in [1.29, 1.82) is 0 Å². The molecular formula is C18H25NO. The highest BCUT2D eigenvalue weighted by atomic mass is 16.1. The number of carbonyl (C=O) groups is 1. The number of rotatable bonds is 2. The van der Waals surface area contributed by atoms with Crippen molar-refractivity contribution < 1.29 is 4.79 Å². The maximum Gasteiger partial charge on any atom is 0.142 e. The first kappa shape index (κ1) is 13.8. The molecule has 3 rings (SSSR count). The van der Waals surface area contributed by atoms with Gasteiger partial charge < -0.3 is 0 Å². The average molecular weight is 271 g/mol. The maximum absolute atomic E-state index is 12.4. The number of Topliss-reactive ketones (excluding diaryl/α,β-unsaturated/α-hetero) is 1. The van der Waals surface area contributed by atoms with Gasteiger partial charge in [-0.3, -0.25) is 9.69 Å². The van der Waals surface area contributed by atoms with Crippen LogP contribution in [0.15, 0.2) is 24.3 Å². The van der Waals surface area contributed by atoms with Gasteiger partial charge in [0.25, 0.3) is 0 Å². The van der Waals surface area contributed by atoms with Gasteiger partial charge in [0.15, 0.2) is 0 Å². The maximum atomic E-state index is 12.4. The number of carbonyl (C=O) groups excluding carboxylic acids is 1. The van der Waals surface area contributed by atoms with Gasteiger partial charge in [-0.2, -0.15) is 0 Å². The molecule has 20 heavy (non-hydrogen) atoms. The number of nitrogens with zero attached hydrogens (tertiary/aromatic N) is 1. The second kappa shape index (κ2) is 5.33. The summed E-state index contributed by atoms with van der Waals surface area (Å²) in [6.07, 6.45) is 4.52. The summed E-state index contributed by atoms with van der Waals surface area (Å²) in [5, 5.41) is 0. The Bertz CT molecular complexity index is 506. The molecule has 108 valence electrons. The van der Waals surface area contributed by atoms with Crippen molar-refractivity contribution in [2.24, 2.45) is 11.3 Å². The molecule has 1 unspecified atom stereocenters. The topological polar surface area (TPSA) is 20.3 Å². The van der Waals surface area contributed by atoms with Crippen molar-refractivity contribution >= 4 is 5.78 Å². The molecule has 0 saturated heterocycles. The van der Waals surface area contributed by atoms with Gasteiger partial charge in [0.05, 0.1) is 0 Å². The van der Waals surface area contributed by atoms with Gasteiger partial charge in [-0.15, -0.1) is 0 Å². The van der Waals surface area contributed by atoms with E-state index in [0.29, 0.717) is 5.78 Å². The van der Waals surface area contributed by atoms with E-state index in [1.807, 2.05) is 0 Å². The Balaban J connectivity index is 1.69. The highest BCUT2D eigenvalue weighted by molar-refractivity contribution is 5.88. The Morgan fingerprint density at radius 2 is 2.00 bits per heavy atom. The van der Waals surface area contributed by atoms with Gasteiger partial charge in [0.2, 0.25) is 0 Å². The molecule has 1 aromatic carbocycles. The Hall–Kier alpha value is -1.15. The van der Waals surface area contributed by atoms with Crippen molar-refractivity contribution in [2.45, 2.75) is 46.1 Å². The lowest BCUT2D eigenvalue weighted by molar-refractivity contribution is -0.128. The molecule has 1 saturated carbocycles. The van der Waals surface area contributed by atoms with E-state index in [1.165, 1.54) is 24.0 Å². The Morgan fingerprint density at radius 3 is 2.70 bits per heavy atom. The minimum absolute atomic E-state index is 0.0889. The summed E-state index contributed by atoms with van der Waals surface area (Å²) in [7, 11) is 0. The number of ketones is 1. The van der Waals surface area contributed by atoms with Crippen LogP contribution in [0.2, 0.25) is 0 Å². The van der Waals surface area contributed by atoms with Crippen molar-refractivity contribution in [3.63, 3.8) is 0 Å². The highest BCUT2D eigenvalue weighted by Crippen LogP contribution is 2.38. The van der Waals surface area contributed by atoms with E-state index in [2.05, 4.69) is 43.0 Å². The van der Waals surface area contributed by atoms with Crippen LogP contribution in [-0.4, -0.2) is 23.8 Å². The lowest BCUT2D eigenvalue weighted by atomic mass is 9.89. The Labute approximate surface area is 122 Å². The van der Waals surface area contributed by atoms with Crippen LogP contribution in [0.4, 0.5) is 0 Å². The summed E-state index contributed by atoms with van der Waals surface area (Å²) in [6.45, 7) is 7.30. The fraction of sp³-hybridized carbons (Fsp3) is 0.611. The van der Waals surface area contributed by atoms with E-state index in [-0.39, 0.29) is 11.3 Å². The Kier molecular flexibility index (Phi) is 3.68. The summed E-state index contributed by atoms with van der Waals surface area (Å²) in [4.78, 5) is 14.9. The molecule has 2 heteroatoms. The van der Waals surface area contributed by atoms with Gasteiger partial charge in [0, 0.05) is 24.4 Å². The van der Waals surface area contributed by atoms with E-state index < -0.39 is 0 Å². The number of aryl methyl sites for hydroxylation is 1. The van der Waals surface area contributed by atoms with Gasteiger partial charge >= 0.3 is 0 Å². The molecule has 1 aromatic rings. The van der Waals surface area contributed by atoms with Crippen molar-refractivity contribution in [3.05, 3.63) is 35.4 Å². The zero-order chi connectivity index (χ0) is 14.2. The SMILES string of the molecule is CC1(C)CCC(CN2CCCc3ccccc3C2)C1=O. The zero-order valence-electron chi connectivity index (χ0n) is 12.7. The van der Waals surface area contributed by atoms with Crippen molar-refractivity contribution in [3.8, 4) is 0 Å². The lowest BCUT2D eigenvalue weighted by Gasteiger charge is -2.24. The monoisotopic (exact) mass is 271 g/mol. The third kappa shape index (κ3) is 2.67. The molecule has 0 aromatic heterocycles. The predicted octanol–water partition coefficient (Wildman–Crippen LogP) is 3.44. The van der Waals surface area contributed by atoms with Gasteiger partial charge in [-0.25, -0.2) is 0 Å². The third-order valence-electron chi connectivity index (χ3n) is 5.07. The number of hydrogen-bond donors (Lipinski definition) is 0. The molecule has 1 atom stereocenters. The van der Waals surface area contributed by atoms with Crippen LogP contribution in [0.5, 0.6) is 0 Å². The van der Waals surface area contributed by atoms with Crippen LogP contribution in [0.25, 0.3) is 0 Å². The van der Waals surface area contributed by atoms with Crippen LogP contribution < -0.4 is 0 Å². The van der Waals surface area contributed by atoms with Gasteiger partial charge in [-0.05, 0) is 43.4 Å². The summed E-state index contributed by atoms with van der Waals surface area (Å²) in [6, 6.07) is 8.76. The molecule has 1 aliphatic carbocycles. The fourth-order valence-electron chi connectivity index (χ4n) is 3.75. The first-order valence-electron chi connectivity index (χ1n) is 7.90. The number of fused-ring (bicyclic) bond motifs is 1. The summed E-state index contributed by atoms with van der Waals surface area (Å²) in [5.74, 6) is 0.741. The normalized spacial score (nSPS) is 26.3. The van der Waals surface area contributed by atoms with E-state index >= 15 is 0 Å². The molecule has 2 aliphatic rings. The molecule has 0 radical (unpaired) electrons. The van der Waals surface area contributed by atoms with E-state index in [0.717, 1.165) is 32.5 Å². The molecule has 0 amide bonds. The van der Waals surface area contributed by atoms with Crippen molar-refractivity contribution in [1.82, 2.24) is 4.90 Å². The Morgan fingerprint density at radius 1 is 1.25 bits per heavy atom. The molecule has 0 spiro atoms. The van der Waals surface area contributed by atoms with E-state index in [4.69, 9.17) is 0 Å². The number of hydrogen-bond acceptors (Lipinski definition) is 2. The van der Waals surface area contributed by atoms with Crippen LogP contribution in [0.3, 0.4) is 0 Å². The average Bonchev–Trinajstić information content (AvgIpc) is 2.62. The van der Waals surface area contributed by atoms with Crippen molar-refractivity contribution in [2.75, 3.05) is 13.1 Å². The molecule has 1 aliphatic heterocycles. The minimum Gasteiger partial charge on any atom is -0.299 e. The third-order valence-corrected chi connectivity index (χ3v) is 5.07. The van der Waals surface area contributed by atoms with Crippen LogP contribution in [-0.2, 0) is 17.8 Å². The van der Waals surface area contributed by atoms with E-state index in [9.17, 15) is 4.79 Å². The quantitative estimate of drug-likeness (QED) is 0.821. The highest BCUT2D eigenvalue weighted by Gasteiger charge is 2.40. The van der Waals surface area contributed by atoms with Gasteiger partial charge in [0.1, 0.15) is 5.78 Å². The standard InChI is InChI=1S/C18H25NO/c1-18(2)10-9-16(17(18)20)13-19-11-5-8-14-6-3-4-7-15(14)12-19/h3-4,6-7,16H,5,8-13H2,1-2H3. The minimum atomic E-state index is -0.0889. The molecule has 2 nitrogen and oxygen atoms in total. The summed E-state index contributed by atoms with van der Waals surface area (Å²) >= 11 is 0. The van der Waals surface area contributed by atoms with Crippen LogP contribution in [0.1, 0.15) is 44.2 Å². The number of benzene rings is 1. The molecular weight excluding hydrogens is 246 g/mol. The van der Waals surface area contributed by atoms with E-state index in [1.54, 1.807) is 0 Å². The zero-order valence-corrected chi connectivity index (χ0v) is 12.7. The van der Waals surface area contributed by atoms with Crippen LogP contribution >= 0.6 is 0 Å². The predicted molar refractivity (Wildman–Crippen MR) is 81.6 cm³/mol. The molecule has 1 heterocycles. The van der Waals surface area contributed by atoms with Crippen LogP contribution in [0, 0.1) is 11.3 Å².